The number of halogens is 2. The molecular formula is C36H43ClFN5O3S+2. The van der Waals surface area contributed by atoms with Crippen molar-refractivity contribution in [3.63, 3.8) is 0 Å². The molecule has 248 valence electrons. The first kappa shape index (κ1) is 34.3. The minimum absolute atomic E-state index is 0.215. The van der Waals surface area contributed by atoms with Crippen molar-refractivity contribution in [2.45, 2.75) is 38.5 Å². The molecule has 0 aliphatic carbocycles. The van der Waals surface area contributed by atoms with Crippen molar-refractivity contribution in [1.29, 1.82) is 0 Å². The van der Waals surface area contributed by atoms with Gasteiger partial charge in [0, 0.05) is 68.8 Å². The molecule has 0 aliphatic rings. The first-order chi connectivity index (χ1) is 22.4. The molecule has 47 heavy (non-hydrogen) atoms. The first-order valence-electron chi connectivity index (χ1n) is 15.7. The lowest BCUT2D eigenvalue weighted by Gasteiger charge is -2.23. The van der Waals surface area contributed by atoms with Crippen molar-refractivity contribution >= 4 is 54.8 Å². The van der Waals surface area contributed by atoms with Crippen molar-refractivity contribution in [3.8, 4) is 5.75 Å². The van der Waals surface area contributed by atoms with Crippen molar-refractivity contribution in [1.82, 2.24) is 4.31 Å². The van der Waals surface area contributed by atoms with Crippen LogP contribution in [0.15, 0.2) is 71.6 Å². The zero-order valence-electron chi connectivity index (χ0n) is 27.8. The van der Waals surface area contributed by atoms with Gasteiger partial charge in [0.05, 0.1) is 34.2 Å². The molecule has 5 rings (SSSR count). The van der Waals surface area contributed by atoms with Gasteiger partial charge in [0.25, 0.3) is 0 Å². The van der Waals surface area contributed by atoms with Crippen molar-refractivity contribution in [3.05, 3.63) is 94.5 Å². The summed E-state index contributed by atoms with van der Waals surface area (Å²) in [7, 11) is 1.76. The van der Waals surface area contributed by atoms with Gasteiger partial charge >= 0.3 is 0 Å². The lowest BCUT2D eigenvalue weighted by Crippen LogP contribution is -2.36. The molecule has 0 spiro atoms. The highest BCUT2D eigenvalue weighted by Crippen LogP contribution is 2.27. The summed E-state index contributed by atoms with van der Waals surface area (Å²) in [4.78, 5) is 0.215. The maximum absolute atomic E-state index is 14.4. The Morgan fingerprint density at radius 3 is 2.17 bits per heavy atom. The minimum Gasteiger partial charge on any atom is -0.497 e. The Kier molecular flexibility index (Phi) is 10.5. The minimum atomic E-state index is -3.78. The van der Waals surface area contributed by atoms with E-state index >= 15 is 0 Å². The third-order valence-corrected chi connectivity index (χ3v) is 10.9. The van der Waals surface area contributed by atoms with E-state index in [9.17, 15) is 12.8 Å². The molecule has 11 heteroatoms. The third-order valence-electron chi connectivity index (χ3n) is 8.79. The van der Waals surface area contributed by atoms with Gasteiger partial charge in [0.2, 0.25) is 21.1 Å². The molecule has 0 aliphatic heterocycles. The lowest BCUT2D eigenvalue weighted by atomic mass is 10.1. The Hall–Kier alpha value is -3.99. The number of rotatable bonds is 13. The van der Waals surface area contributed by atoms with Gasteiger partial charge in [-0.2, -0.15) is 13.4 Å². The molecule has 0 saturated heterocycles. The second-order valence-corrected chi connectivity index (χ2v) is 14.3. The summed E-state index contributed by atoms with van der Waals surface area (Å²) < 4.78 is 53.1. The van der Waals surface area contributed by atoms with Crippen LogP contribution in [0.3, 0.4) is 0 Å². The number of methoxy groups -OCH3 is 1. The number of aromatic nitrogens is 2. The van der Waals surface area contributed by atoms with Crippen molar-refractivity contribution in [2.24, 2.45) is 14.1 Å². The maximum Gasteiger partial charge on any atom is 0.243 e. The summed E-state index contributed by atoms with van der Waals surface area (Å²) in [6.45, 7) is 7.59. The monoisotopic (exact) mass is 679 g/mol. The smallest absolute Gasteiger partial charge is 0.243 e. The zero-order valence-corrected chi connectivity index (χ0v) is 29.4. The number of unbranched alkanes of at least 4 members (excludes halogenated alkanes) is 1. The number of fused-ring (bicyclic) bond motifs is 2. The number of nitrogens with one attached hydrogen (secondary N) is 2. The standard InChI is InChI=1S/C36H41ClFN5O3S/c1-24-19-28(38)23-32-34(21-26(3)42(5)36(24)32)39-15-7-8-17-43(47(44,45)30-12-10-29(46-6)11-13-30)18-16-40-33-20-25(2)41(4)35-14-9-27(37)22-31(33)35/h9-14,19-23H,7-8,15-18H2,1-6H3/p+2. The first-order valence-corrected chi connectivity index (χ1v) is 17.5. The molecule has 2 heterocycles. The molecule has 0 amide bonds. The number of hydrogen-bond acceptors (Lipinski definition) is 5. The van der Waals surface area contributed by atoms with Gasteiger partial charge in [-0.25, -0.2) is 12.8 Å². The topological polar surface area (TPSA) is 78.4 Å². The van der Waals surface area contributed by atoms with E-state index in [4.69, 9.17) is 16.3 Å². The van der Waals surface area contributed by atoms with Crippen LogP contribution in [0, 0.1) is 26.6 Å². The average Bonchev–Trinajstić information content (AvgIpc) is 3.04. The normalized spacial score (nSPS) is 11.9. The second-order valence-electron chi connectivity index (χ2n) is 11.9. The Labute approximate surface area is 281 Å². The van der Waals surface area contributed by atoms with Crippen LogP contribution in [-0.4, -0.2) is 46.0 Å². The molecule has 0 saturated carbocycles. The largest absolute Gasteiger partial charge is 0.497 e. The number of aryl methyl sites for hydroxylation is 5. The van der Waals surface area contributed by atoms with Gasteiger partial charge in [-0.05, 0) is 68.3 Å². The van der Waals surface area contributed by atoms with Gasteiger partial charge < -0.3 is 15.4 Å². The van der Waals surface area contributed by atoms with E-state index in [1.54, 1.807) is 43.5 Å². The lowest BCUT2D eigenvalue weighted by molar-refractivity contribution is -0.651. The van der Waals surface area contributed by atoms with Gasteiger partial charge in [0.1, 0.15) is 25.7 Å². The molecule has 2 aromatic heterocycles. The zero-order chi connectivity index (χ0) is 33.9. The van der Waals surface area contributed by atoms with E-state index in [1.807, 2.05) is 59.1 Å². The summed E-state index contributed by atoms with van der Waals surface area (Å²) in [5.74, 6) is 0.319. The van der Waals surface area contributed by atoms with Crippen molar-refractivity contribution in [2.75, 3.05) is 43.9 Å². The van der Waals surface area contributed by atoms with Crippen molar-refractivity contribution < 1.29 is 26.7 Å². The number of nitrogens with zero attached hydrogens (tertiary/aromatic N) is 3. The number of anilines is 2. The van der Waals surface area contributed by atoms with Crippen LogP contribution >= 0.6 is 11.6 Å². The van der Waals surface area contributed by atoms with Gasteiger partial charge in [-0.15, -0.1) is 0 Å². The van der Waals surface area contributed by atoms with Gasteiger partial charge in [-0.1, -0.05) is 11.6 Å². The van der Waals surface area contributed by atoms with Crippen LogP contribution < -0.4 is 24.5 Å². The molecule has 0 bridgehead atoms. The SMILES string of the molecule is COc1ccc(S(=O)(=O)N(CCCCNc2cc(C)[n+](C)c3c(C)cc(F)cc23)CCNc2cc(C)[n+](C)c3ccc(Cl)cc23)cc1. The van der Waals surface area contributed by atoms with Crippen LogP contribution in [0.25, 0.3) is 21.8 Å². The van der Waals surface area contributed by atoms with Gasteiger partial charge in [0.15, 0.2) is 11.4 Å². The summed E-state index contributed by atoms with van der Waals surface area (Å²) >= 11 is 6.34. The number of sulfonamides is 1. The van der Waals surface area contributed by atoms with E-state index in [1.165, 1.54) is 4.31 Å². The maximum atomic E-state index is 14.4. The second kappa shape index (κ2) is 14.4. The molecular weight excluding hydrogens is 637 g/mol. The summed E-state index contributed by atoms with van der Waals surface area (Å²) in [5.41, 5.74) is 6.76. The molecule has 3 aromatic carbocycles. The number of ether oxygens (including phenoxy) is 1. The van der Waals surface area contributed by atoms with E-state index in [0.717, 1.165) is 56.6 Å². The predicted molar refractivity (Wildman–Crippen MR) is 187 cm³/mol. The highest BCUT2D eigenvalue weighted by molar-refractivity contribution is 7.89. The molecule has 0 unspecified atom stereocenters. The Bertz CT molecular complexity index is 2040. The van der Waals surface area contributed by atoms with E-state index in [0.29, 0.717) is 36.8 Å². The van der Waals surface area contributed by atoms with Crippen LogP contribution in [0.2, 0.25) is 5.02 Å². The van der Waals surface area contributed by atoms with Gasteiger partial charge in [-0.3, -0.25) is 0 Å². The fourth-order valence-corrected chi connectivity index (χ4v) is 7.68. The summed E-state index contributed by atoms with van der Waals surface area (Å²) in [5, 5.41) is 9.37. The fraction of sp³-hybridized carbons (Fsp3) is 0.333. The summed E-state index contributed by atoms with van der Waals surface area (Å²) in [6.07, 6.45) is 1.35. The predicted octanol–water partition coefficient (Wildman–Crippen LogP) is 6.36. The van der Waals surface area contributed by atoms with Crippen LogP contribution in [0.1, 0.15) is 29.8 Å². The molecule has 0 atom stereocenters. The highest BCUT2D eigenvalue weighted by Gasteiger charge is 2.25. The van der Waals surface area contributed by atoms with E-state index < -0.39 is 10.0 Å². The van der Waals surface area contributed by atoms with Crippen LogP contribution in [-0.2, 0) is 24.1 Å². The Morgan fingerprint density at radius 2 is 1.47 bits per heavy atom. The number of benzene rings is 3. The summed E-state index contributed by atoms with van der Waals surface area (Å²) in [6, 6.07) is 19.4. The third kappa shape index (κ3) is 7.45. The number of hydrogen-bond donors (Lipinski definition) is 2. The Balaban J connectivity index is 1.31. The molecule has 2 N–H and O–H groups in total. The highest BCUT2D eigenvalue weighted by atomic mass is 35.5. The number of pyridine rings is 2. The molecule has 0 radical (unpaired) electrons. The van der Waals surface area contributed by atoms with E-state index in [2.05, 4.69) is 25.8 Å². The van der Waals surface area contributed by atoms with E-state index in [-0.39, 0.29) is 17.3 Å². The average molecular weight is 680 g/mol. The van der Waals surface area contributed by atoms with Crippen LogP contribution in [0.5, 0.6) is 5.75 Å². The Morgan fingerprint density at radius 1 is 0.809 bits per heavy atom. The fourth-order valence-electron chi connectivity index (χ4n) is 6.03. The quantitative estimate of drug-likeness (QED) is 0.112. The molecule has 5 aromatic rings. The molecule has 8 nitrogen and oxygen atoms in total. The molecule has 0 fully saturated rings. The van der Waals surface area contributed by atoms with Crippen LogP contribution in [0.4, 0.5) is 15.8 Å².